The summed E-state index contributed by atoms with van der Waals surface area (Å²) in [7, 11) is 0. The molecule has 0 aromatic heterocycles. The molecule has 1 heterocycles. The average molecular weight is 292 g/mol. The Balaban J connectivity index is 2.06. The molecule has 0 saturated heterocycles. The minimum atomic E-state index is -0.144. The number of rotatable bonds is 3. The van der Waals surface area contributed by atoms with Crippen molar-refractivity contribution < 1.29 is 9.53 Å². The van der Waals surface area contributed by atoms with Gasteiger partial charge < -0.3 is 4.74 Å². The Hall–Kier alpha value is -2.35. The fourth-order valence-corrected chi connectivity index (χ4v) is 3.05. The van der Waals surface area contributed by atoms with Gasteiger partial charge in [-0.2, -0.15) is 0 Å². The number of hydrogen-bond acceptors (Lipinski definition) is 2. The molecule has 0 saturated carbocycles. The van der Waals surface area contributed by atoms with Crippen LogP contribution in [0.5, 0.6) is 0 Å². The molecule has 0 radical (unpaired) electrons. The first-order valence-electron chi connectivity index (χ1n) is 7.70. The summed E-state index contributed by atoms with van der Waals surface area (Å²) in [5, 5.41) is 0. The van der Waals surface area contributed by atoms with Crippen LogP contribution in [0.2, 0.25) is 0 Å². The van der Waals surface area contributed by atoms with E-state index in [0.29, 0.717) is 5.76 Å². The summed E-state index contributed by atoms with van der Waals surface area (Å²) in [6.45, 7) is 4.15. The molecule has 0 fully saturated rings. The van der Waals surface area contributed by atoms with Crippen LogP contribution in [-0.2, 0) is 9.53 Å². The summed E-state index contributed by atoms with van der Waals surface area (Å²) >= 11 is 0. The molecule has 0 unspecified atom stereocenters. The van der Waals surface area contributed by atoms with Gasteiger partial charge in [0, 0.05) is 11.5 Å². The van der Waals surface area contributed by atoms with E-state index in [1.807, 2.05) is 48.5 Å². The number of esters is 1. The largest absolute Gasteiger partial charge is 0.426 e. The highest BCUT2D eigenvalue weighted by Gasteiger charge is 2.37. The fraction of sp³-hybridized carbons (Fsp3) is 0.250. The van der Waals surface area contributed by atoms with Crippen LogP contribution >= 0.6 is 0 Å². The normalized spacial score (nSPS) is 21.4. The molecule has 2 atom stereocenters. The third-order valence-corrected chi connectivity index (χ3v) is 4.16. The van der Waals surface area contributed by atoms with Gasteiger partial charge in [-0.25, -0.2) is 0 Å². The number of carbonyl (C=O) groups excluding carboxylic acids is 1. The molecule has 2 nitrogen and oxygen atoms in total. The molecule has 1 aliphatic rings. The summed E-state index contributed by atoms with van der Waals surface area (Å²) in [6.07, 6.45) is 2.09. The Morgan fingerprint density at radius 1 is 0.909 bits per heavy atom. The number of carbonyl (C=O) groups is 1. The summed E-state index contributed by atoms with van der Waals surface area (Å²) in [5.74, 6) is 0.667. The lowest BCUT2D eigenvalue weighted by Gasteiger charge is -2.31. The molecule has 112 valence electrons. The van der Waals surface area contributed by atoms with Gasteiger partial charge in [-0.05, 0) is 17.6 Å². The van der Waals surface area contributed by atoms with E-state index in [-0.39, 0.29) is 23.7 Å². The van der Waals surface area contributed by atoms with Crippen LogP contribution in [0.3, 0.4) is 0 Å². The predicted octanol–water partition coefficient (Wildman–Crippen LogP) is 4.64. The van der Waals surface area contributed by atoms with Gasteiger partial charge in [0.05, 0.1) is 5.92 Å². The van der Waals surface area contributed by atoms with Crippen LogP contribution in [0.15, 0.2) is 66.7 Å². The molecule has 2 aromatic rings. The Bertz CT molecular complexity index is 671. The Morgan fingerprint density at radius 2 is 1.50 bits per heavy atom. The summed E-state index contributed by atoms with van der Waals surface area (Å²) in [6, 6.07) is 20.0. The van der Waals surface area contributed by atoms with Crippen LogP contribution in [-0.4, -0.2) is 5.97 Å². The second kappa shape index (κ2) is 6.18. The molecule has 2 aromatic carbocycles. The van der Waals surface area contributed by atoms with Crippen molar-refractivity contribution in [1.29, 1.82) is 0 Å². The Morgan fingerprint density at radius 3 is 2.09 bits per heavy atom. The van der Waals surface area contributed by atoms with Crippen LogP contribution in [0.4, 0.5) is 0 Å². The fourth-order valence-electron chi connectivity index (χ4n) is 3.05. The molecular weight excluding hydrogens is 272 g/mol. The first kappa shape index (κ1) is 14.6. The molecule has 0 N–H and O–H groups in total. The second-order valence-electron chi connectivity index (χ2n) is 6.02. The van der Waals surface area contributed by atoms with Gasteiger partial charge in [-0.3, -0.25) is 4.79 Å². The number of allylic oxidation sites excluding steroid dienone is 1. The molecule has 0 aliphatic carbocycles. The van der Waals surface area contributed by atoms with Crippen molar-refractivity contribution in [3.63, 3.8) is 0 Å². The van der Waals surface area contributed by atoms with E-state index in [9.17, 15) is 4.79 Å². The van der Waals surface area contributed by atoms with Gasteiger partial charge in [-0.1, -0.05) is 74.5 Å². The zero-order chi connectivity index (χ0) is 15.5. The van der Waals surface area contributed by atoms with Crippen LogP contribution in [0.1, 0.15) is 30.9 Å². The topological polar surface area (TPSA) is 26.3 Å². The highest BCUT2D eigenvalue weighted by molar-refractivity contribution is 5.84. The molecule has 0 amide bonds. The molecule has 22 heavy (non-hydrogen) atoms. The molecule has 0 bridgehead atoms. The van der Waals surface area contributed by atoms with Crippen molar-refractivity contribution in [2.45, 2.75) is 19.8 Å². The zero-order valence-corrected chi connectivity index (χ0v) is 12.9. The van der Waals surface area contributed by atoms with E-state index < -0.39 is 0 Å². The van der Waals surface area contributed by atoms with E-state index in [0.717, 1.165) is 11.1 Å². The molecule has 2 heteroatoms. The quantitative estimate of drug-likeness (QED) is 0.770. The van der Waals surface area contributed by atoms with Crippen LogP contribution in [0.25, 0.3) is 5.76 Å². The monoisotopic (exact) mass is 292 g/mol. The highest BCUT2D eigenvalue weighted by atomic mass is 16.5. The van der Waals surface area contributed by atoms with Crippen molar-refractivity contribution in [1.82, 2.24) is 0 Å². The van der Waals surface area contributed by atoms with Crippen molar-refractivity contribution in [2.24, 2.45) is 11.8 Å². The minimum absolute atomic E-state index is 0.0534. The number of hydrogen-bond donors (Lipinski definition) is 0. The lowest BCUT2D eigenvalue weighted by molar-refractivity contribution is -0.144. The molecular formula is C20H20O2. The van der Waals surface area contributed by atoms with E-state index in [4.69, 9.17) is 4.74 Å². The predicted molar refractivity (Wildman–Crippen MR) is 88.0 cm³/mol. The molecule has 1 aliphatic heterocycles. The molecule has 3 rings (SSSR count). The smallest absolute Gasteiger partial charge is 0.315 e. The van der Waals surface area contributed by atoms with Gasteiger partial charge in [0.15, 0.2) is 0 Å². The van der Waals surface area contributed by atoms with Gasteiger partial charge in [0.1, 0.15) is 5.76 Å². The first-order valence-corrected chi connectivity index (χ1v) is 7.70. The number of cyclic esters (lactones) is 1. The number of ether oxygens (including phenoxy) is 1. The standard InChI is InChI=1S/C20H20O2/c1-14(2)19-17(15-9-5-3-6-10-15)13-18(22-20(19)21)16-11-7-4-8-12-16/h3-14,17,19H,1-2H3/t17-,19-/m1/s1. The minimum Gasteiger partial charge on any atom is -0.426 e. The lowest BCUT2D eigenvalue weighted by atomic mass is 9.77. The third kappa shape index (κ3) is 2.82. The van der Waals surface area contributed by atoms with E-state index >= 15 is 0 Å². The lowest BCUT2D eigenvalue weighted by Crippen LogP contribution is -2.31. The van der Waals surface area contributed by atoms with E-state index in [2.05, 4.69) is 32.1 Å². The van der Waals surface area contributed by atoms with Gasteiger partial charge in [0.2, 0.25) is 0 Å². The summed E-state index contributed by atoms with van der Waals surface area (Å²) < 4.78 is 5.62. The maximum atomic E-state index is 12.5. The Kier molecular flexibility index (Phi) is 4.10. The Labute approximate surface area is 131 Å². The zero-order valence-electron chi connectivity index (χ0n) is 12.9. The van der Waals surface area contributed by atoms with Crippen molar-refractivity contribution >= 4 is 11.7 Å². The van der Waals surface area contributed by atoms with Gasteiger partial charge in [0.25, 0.3) is 0 Å². The highest BCUT2D eigenvalue weighted by Crippen LogP contribution is 2.39. The molecule has 0 spiro atoms. The summed E-state index contributed by atoms with van der Waals surface area (Å²) in [5.41, 5.74) is 2.10. The van der Waals surface area contributed by atoms with E-state index in [1.54, 1.807) is 0 Å². The third-order valence-electron chi connectivity index (χ3n) is 4.16. The van der Waals surface area contributed by atoms with Gasteiger partial charge in [-0.15, -0.1) is 0 Å². The van der Waals surface area contributed by atoms with E-state index in [1.165, 1.54) is 0 Å². The van der Waals surface area contributed by atoms with Crippen LogP contribution in [0, 0.1) is 11.8 Å². The van der Waals surface area contributed by atoms with Gasteiger partial charge >= 0.3 is 5.97 Å². The summed E-state index contributed by atoms with van der Waals surface area (Å²) in [4.78, 5) is 12.5. The SMILES string of the molecule is CC(C)[C@H]1C(=O)OC(c2ccccc2)=C[C@@H]1c1ccccc1. The van der Waals surface area contributed by atoms with Crippen molar-refractivity contribution in [3.05, 3.63) is 77.9 Å². The second-order valence-corrected chi connectivity index (χ2v) is 6.02. The maximum Gasteiger partial charge on any atom is 0.315 e. The first-order chi connectivity index (χ1) is 10.7. The maximum absolute atomic E-state index is 12.5. The van der Waals surface area contributed by atoms with Crippen molar-refractivity contribution in [2.75, 3.05) is 0 Å². The van der Waals surface area contributed by atoms with Crippen LogP contribution < -0.4 is 0 Å². The number of benzene rings is 2. The van der Waals surface area contributed by atoms with Crippen molar-refractivity contribution in [3.8, 4) is 0 Å². The average Bonchev–Trinajstić information content (AvgIpc) is 2.55.